The van der Waals surface area contributed by atoms with Gasteiger partial charge in [0.05, 0.1) is 19.8 Å². The normalized spacial score (nSPS) is 19.8. The molecule has 5 nitrogen and oxygen atoms in total. The Balaban J connectivity index is 1.86. The van der Waals surface area contributed by atoms with Gasteiger partial charge in [-0.25, -0.2) is 0 Å². The summed E-state index contributed by atoms with van der Waals surface area (Å²) in [5.74, 6) is 1.23. The second-order valence-corrected chi connectivity index (χ2v) is 7.93. The zero-order valence-electron chi connectivity index (χ0n) is 17.6. The van der Waals surface area contributed by atoms with Crippen LogP contribution >= 0.6 is 0 Å². The van der Waals surface area contributed by atoms with Gasteiger partial charge in [-0.05, 0) is 35.6 Å². The molecule has 0 saturated heterocycles. The van der Waals surface area contributed by atoms with Gasteiger partial charge in [0.25, 0.3) is 0 Å². The maximum Gasteiger partial charge on any atom is 0.194 e. The molecule has 1 heterocycles. The van der Waals surface area contributed by atoms with E-state index in [0.717, 1.165) is 30.6 Å². The van der Waals surface area contributed by atoms with Crippen molar-refractivity contribution in [3.63, 3.8) is 0 Å². The number of benzene rings is 2. The van der Waals surface area contributed by atoms with E-state index in [9.17, 15) is 4.79 Å². The number of ketones is 1. The highest BCUT2D eigenvalue weighted by Crippen LogP contribution is 2.48. The first-order valence-electron chi connectivity index (χ1n) is 10.0. The van der Waals surface area contributed by atoms with E-state index in [1.54, 1.807) is 14.2 Å². The molecule has 0 saturated carbocycles. The van der Waals surface area contributed by atoms with Crippen LogP contribution in [0.2, 0.25) is 0 Å². The van der Waals surface area contributed by atoms with E-state index in [1.165, 1.54) is 11.1 Å². The van der Waals surface area contributed by atoms with Crippen LogP contribution in [0.15, 0.2) is 48.2 Å². The summed E-state index contributed by atoms with van der Waals surface area (Å²) < 4.78 is 11.2. The van der Waals surface area contributed by atoms with Crippen molar-refractivity contribution in [1.29, 1.82) is 0 Å². The van der Waals surface area contributed by atoms with Crippen LogP contribution in [0.4, 0.5) is 0 Å². The minimum atomic E-state index is 0.0449. The fraction of sp³-hybridized carbons (Fsp3) is 0.375. The minimum Gasteiger partial charge on any atom is -0.493 e. The molecule has 0 bridgehead atoms. The Morgan fingerprint density at radius 3 is 2.59 bits per heavy atom. The number of hydrogen-bond donors (Lipinski definition) is 0. The molecule has 1 atom stereocenters. The molecule has 1 unspecified atom stereocenters. The van der Waals surface area contributed by atoms with Gasteiger partial charge in [-0.15, -0.1) is 0 Å². The average molecular weight is 392 g/mol. The van der Waals surface area contributed by atoms with Crippen LogP contribution in [-0.2, 0) is 13.0 Å². The standard InChI is InChI=1S/C24H28N2O3/c1-25(2)15-18-12-19-21-17(10-11-26(19)14-16-8-6-5-7-9-16)13-20(28-3)24(29-4)22(21)23(18)27/h5-9,13,15,19H,10-12,14H2,1-4H3/b18-15+. The van der Waals surface area contributed by atoms with Gasteiger partial charge in [-0.1, -0.05) is 30.3 Å². The Bertz CT molecular complexity index is 950. The maximum absolute atomic E-state index is 13.5. The summed E-state index contributed by atoms with van der Waals surface area (Å²) >= 11 is 0. The van der Waals surface area contributed by atoms with E-state index in [1.807, 2.05) is 31.3 Å². The molecule has 0 radical (unpaired) electrons. The summed E-state index contributed by atoms with van der Waals surface area (Å²) in [5.41, 5.74) is 5.08. The number of carbonyl (C=O) groups excluding carboxylic acids is 1. The predicted molar refractivity (Wildman–Crippen MR) is 114 cm³/mol. The number of carbonyl (C=O) groups is 1. The molecule has 29 heavy (non-hydrogen) atoms. The molecule has 1 aliphatic carbocycles. The Morgan fingerprint density at radius 2 is 1.93 bits per heavy atom. The highest BCUT2D eigenvalue weighted by atomic mass is 16.5. The minimum absolute atomic E-state index is 0.0449. The zero-order valence-corrected chi connectivity index (χ0v) is 17.6. The molecule has 2 aromatic carbocycles. The van der Waals surface area contributed by atoms with Crippen LogP contribution in [-0.4, -0.2) is 50.4 Å². The Kier molecular flexibility index (Phi) is 5.33. The Morgan fingerprint density at radius 1 is 1.17 bits per heavy atom. The van der Waals surface area contributed by atoms with E-state index in [-0.39, 0.29) is 11.8 Å². The van der Waals surface area contributed by atoms with E-state index in [4.69, 9.17) is 9.47 Å². The summed E-state index contributed by atoms with van der Waals surface area (Å²) in [4.78, 5) is 17.9. The van der Waals surface area contributed by atoms with Crippen LogP contribution in [0.5, 0.6) is 11.5 Å². The lowest BCUT2D eigenvalue weighted by molar-refractivity contribution is 0.0977. The second kappa shape index (κ2) is 7.91. The van der Waals surface area contributed by atoms with Crippen molar-refractivity contribution < 1.29 is 14.3 Å². The average Bonchev–Trinajstić information content (AvgIpc) is 2.72. The molecule has 2 aromatic rings. The molecule has 5 heteroatoms. The molecule has 0 amide bonds. The molecule has 0 fully saturated rings. The van der Waals surface area contributed by atoms with Crippen molar-refractivity contribution in [3.05, 3.63) is 70.4 Å². The number of rotatable bonds is 5. The number of hydrogen-bond acceptors (Lipinski definition) is 5. The van der Waals surface area contributed by atoms with E-state index >= 15 is 0 Å². The zero-order chi connectivity index (χ0) is 20.5. The number of nitrogens with zero attached hydrogens (tertiary/aromatic N) is 2. The molecule has 152 valence electrons. The first-order chi connectivity index (χ1) is 14.0. The fourth-order valence-electron chi connectivity index (χ4n) is 4.60. The van der Waals surface area contributed by atoms with E-state index in [0.29, 0.717) is 23.5 Å². The summed E-state index contributed by atoms with van der Waals surface area (Å²) in [6.07, 6.45) is 3.55. The van der Waals surface area contributed by atoms with E-state index in [2.05, 4.69) is 35.2 Å². The van der Waals surface area contributed by atoms with Crippen LogP contribution in [0.1, 0.15) is 39.5 Å². The highest BCUT2D eigenvalue weighted by Gasteiger charge is 2.40. The summed E-state index contributed by atoms with van der Waals surface area (Å²) in [6, 6.07) is 12.7. The smallest absolute Gasteiger partial charge is 0.194 e. The van der Waals surface area contributed by atoms with Gasteiger partial charge in [0.15, 0.2) is 17.3 Å². The molecule has 2 aliphatic rings. The highest BCUT2D eigenvalue weighted by molar-refractivity contribution is 6.13. The Labute approximate surface area is 172 Å². The van der Waals surface area contributed by atoms with Crippen LogP contribution in [0.25, 0.3) is 0 Å². The van der Waals surface area contributed by atoms with Crippen molar-refractivity contribution in [2.45, 2.75) is 25.4 Å². The second-order valence-electron chi connectivity index (χ2n) is 7.93. The van der Waals surface area contributed by atoms with Crippen LogP contribution in [0.3, 0.4) is 0 Å². The maximum atomic E-state index is 13.5. The van der Waals surface area contributed by atoms with Gasteiger partial charge in [-0.2, -0.15) is 0 Å². The lowest BCUT2D eigenvalue weighted by Gasteiger charge is -2.42. The predicted octanol–water partition coefficient (Wildman–Crippen LogP) is 3.84. The van der Waals surface area contributed by atoms with Gasteiger partial charge in [0.1, 0.15) is 0 Å². The van der Waals surface area contributed by atoms with Crippen LogP contribution in [0, 0.1) is 0 Å². The van der Waals surface area contributed by atoms with E-state index < -0.39 is 0 Å². The number of methoxy groups -OCH3 is 2. The number of ether oxygens (including phenoxy) is 2. The SMILES string of the molecule is COc1cc2c3c(c1OC)C(=O)/C(=C/N(C)C)CC3N(Cc1ccccc1)CC2. The molecule has 4 rings (SSSR count). The van der Waals surface area contributed by atoms with Gasteiger partial charge in [-0.3, -0.25) is 9.69 Å². The first kappa shape index (κ1) is 19.5. The number of Topliss-reactive ketones (excluding diaryl/α,β-unsaturated/α-hetero) is 1. The summed E-state index contributed by atoms with van der Waals surface area (Å²) in [5, 5.41) is 0. The van der Waals surface area contributed by atoms with Crippen LogP contribution < -0.4 is 9.47 Å². The van der Waals surface area contributed by atoms with Gasteiger partial charge >= 0.3 is 0 Å². The van der Waals surface area contributed by atoms with Crippen molar-refractivity contribution in [3.8, 4) is 11.5 Å². The first-order valence-corrected chi connectivity index (χ1v) is 10.0. The summed E-state index contributed by atoms with van der Waals surface area (Å²) in [6.45, 7) is 1.81. The third-order valence-corrected chi connectivity index (χ3v) is 5.81. The van der Waals surface area contributed by atoms with Crippen molar-refractivity contribution >= 4 is 5.78 Å². The quantitative estimate of drug-likeness (QED) is 0.724. The molecule has 0 aromatic heterocycles. The molecule has 1 aliphatic heterocycles. The third-order valence-electron chi connectivity index (χ3n) is 5.81. The van der Waals surface area contributed by atoms with Gasteiger partial charge in [0.2, 0.25) is 0 Å². The van der Waals surface area contributed by atoms with Crippen molar-refractivity contribution in [1.82, 2.24) is 9.80 Å². The molecule has 0 N–H and O–H groups in total. The van der Waals surface area contributed by atoms with Crippen molar-refractivity contribution in [2.24, 2.45) is 0 Å². The summed E-state index contributed by atoms with van der Waals surface area (Å²) in [7, 11) is 7.14. The van der Waals surface area contributed by atoms with Gasteiger partial charge < -0.3 is 14.4 Å². The lowest BCUT2D eigenvalue weighted by atomic mass is 9.77. The topological polar surface area (TPSA) is 42.0 Å². The molecular formula is C24H28N2O3. The Hall–Kier alpha value is -2.79. The fourth-order valence-corrected chi connectivity index (χ4v) is 4.60. The van der Waals surface area contributed by atoms with Crippen molar-refractivity contribution in [2.75, 3.05) is 34.9 Å². The molecular weight excluding hydrogens is 364 g/mol. The van der Waals surface area contributed by atoms with Gasteiger partial charge in [0, 0.05) is 45.0 Å². The largest absolute Gasteiger partial charge is 0.493 e. The monoisotopic (exact) mass is 392 g/mol. The lowest BCUT2D eigenvalue weighted by Crippen LogP contribution is -2.39. The third kappa shape index (κ3) is 3.51. The molecule has 0 spiro atoms.